The molecule has 14 heteroatoms. The fourth-order valence-corrected chi connectivity index (χ4v) is 6.34. The Morgan fingerprint density at radius 2 is 2.00 bits per heavy atom. The number of nitrogen functional groups attached to an aromatic ring is 1. The van der Waals surface area contributed by atoms with Gasteiger partial charge < -0.3 is 15.5 Å². The van der Waals surface area contributed by atoms with Crippen LogP contribution in [0.3, 0.4) is 0 Å². The van der Waals surface area contributed by atoms with Gasteiger partial charge in [-0.1, -0.05) is 25.6 Å². The number of pyridine rings is 1. The molecule has 1 aromatic carbocycles. The van der Waals surface area contributed by atoms with E-state index in [1.165, 1.54) is 29.1 Å². The Hall–Kier alpha value is -4.59. The minimum Gasteiger partial charge on any atom is -0.396 e. The SMILES string of the molecule is C=CC(=O)N1CCN(c2nc(=O)n(-c3c(CC)cccc3S(C)(=O)=O)c3nc(-c4c(N)cnn4C)c(F)cc23)[C@@H](C)C1. The molecule has 1 saturated heterocycles. The highest BCUT2D eigenvalue weighted by atomic mass is 32.2. The van der Waals surface area contributed by atoms with E-state index >= 15 is 4.39 Å². The van der Waals surface area contributed by atoms with Crippen LogP contribution in [0.2, 0.25) is 0 Å². The lowest BCUT2D eigenvalue weighted by Crippen LogP contribution is -2.54. The topological polar surface area (TPSA) is 149 Å². The van der Waals surface area contributed by atoms with Gasteiger partial charge in [-0.25, -0.2) is 27.2 Å². The molecule has 0 radical (unpaired) electrons. The molecule has 0 aliphatic carbocycles. The minimum absolute atomic E-state index is 0.00426. The summed E-state index contributed by atoms with van der Waals surface area (Å²) in [6.07, 6.45) is 4.06. The number of hydrogen-bond acceptors (Lipinski definition) is 9. The number of nitrogens with zero attached hydrogens (tertiary/aromatic N) is 7. The van der Waals surface area contributed by atoms with Gasteiger partial charge >= 0.3 is 5.69 Å². The van der Waals surface area contributed by atoms with Crippen LogP contribution in [0.25, 0.3) is 28.1 Å². The summed E-state index contributed by atoms with van der Waals surface area (Å²) in [7, 11) is -2.22. The van der Waals surface area contributed by atoms with Crippen molar-refractivity contribution in [3.63, 3.8) is 0 Å². The van der Waals surface area contributed by atoms with Crippen molar-refractivity contribution in [1.82, 2.24) is 29.2 Å². The third-order valence-corrected chi connectivity index (χ3v) is 8.59. The van der Waals surface area contributed by atoms with Gasteiger partial charge in [0, 0.05) is 39.0 Å². The number of carbonyl (C=O) groups is 1. The molecule has 0 bridgehead atoms. The van der Waals surface area contributed by atoms with Crippen LogP contribution in [0.15, 0.2) is 52.8 Å². The lowest BCUT2D eigenvalue weighted by Gasteiger charge is -2.40. The van der Waals surface area contributed by atoms with Crippen molar-refractivity contribution in [2.45, 2.75) is 31.2 Å². The van der Waals surface area contributed by atoms with E-state index in [4.69, 9.17) is 5.73 Å². The second-order valence-corrected chi connectivity index (χ2v) is 12.2. The number of amides is 1. The van der Waals surface area contributed by atoms with E-state index in [9.17, 15) is 18.0 Å². The predicted molar refractivity (Wildman–Crippen MR) is 158 cm³/mol. The van der Waals surface area contributed by atoms with Crippen LogP contribution in [0.1, 0.15) is 19.4 Å². The highest BCUT2D eigenvalue weighted by Gasteiger charge is 2.31. The standard InChI is InChI=1S/C28H31FN8O4S/c1-6-17-9-8-10-21(42(5,40)41)24(17)37-27-18(13-19(29)23(32-27)25-20(30)14-31-34(25)4)26(33-28(37)39)36-12-11-35(15-16(36)3)22(38)7-2/h7-10,13-14,16H,2,6,11-12,15,30H2,1,3-5H3/t16-/m0/s1. The first-order valence-electron chi connectivity index (χ1n) is 13.3. The van der Waals surface area contributed by atoms with Crippen molar-refractivity contribution in [2.24, 2.45) is 7.05 Å². The summed E-state index contributed by atoms with van der Waals surface area (Å²) in [5, 5.41) is 4.28. The van der Waals surface area contributed by atoms with Crippen LogP contribution in [-0.2, 0) is 28.1 Å². The molecule has 4 aromatic rings. The third kappa shape index (κ3) is 4.81. The van der Waals surface area contributed by atoms with Gasteiger partial charge in [0.2, 0.25) is 5.91 Å². The quantitative estimate of drug-likeness (QED) is 0.331. The summed E-state index contributed by atoms with van der Waals surface area (Å²) >= 11 is 0. The first-order valence-corrected chi connectivity index (χ1v) is 15.2. The second-order valence-electron chi connectivity index (χ2n) is 10.2. The Kier molecular flexibility index (Phi) is 7.35. The molecule has 12 nitrogen and oxygen atoms in total. The molecule has 4 heterocycles. The van der Waals surface area contributed by atoms with Gasteiger partial charge in [0.1, 0.15) is 17.2 Å². The molecular formula is C28H31FN8O4S. The number of aromatic nitrogens is 5. The number of carbonyl (C=O) groups excluding carboxylic acids is 1. The Labute approximate surface area is 241 Å². The number of hydrogen-bond donors (Lipinski definition) is 1. The smallest absolute Gasteiger partial charge is 0.355 e. The molecule has 0 spiro atoms. The zero-order valence-corrected chi connectivity index (χ0v) is 24.5. The average molecular weight is 595 g/mol. The number of nitrogens with two attached hydrogens (primary N) is 1. The molecule has 1 amide bonds. The lowest BCUT2D eigenvalue weighted by atomic mass is 10.1. The van der Waals surface area contributed by atoms with E-state index in [0.717, 1.165) is 10.8 Å². The lowest BCUT2D eigenvalue weighted by molar-refractivity contribution is -0.126. The molecule has 1 atom stereocenters. The first kappa shape index (κ1) is 28.9. The highest BCUT2D eigenvalue weighted by molar-refractivity contribution is 7.90. The van der Waals surface area contributed by atoms with E-state index in [0.29, 0.717) is 31.6 Å². The molecule has 2 N–H and O–H groups in total. The van der Waals surface area contributed by atoms with Crippen molar-refractivity contribution in [1.29, 1.82) is 0 Å². The maximum absolute atomic E-state index is 15.9. The van der Waals surface area contributed by atoms with E-state index in [-0.39, 0.29) is 56.5 Å². The summed E-state index contributed by atoms with van der Waals surface area (Å²) in [6.45, 7) is 8.22. The van der Waals surface area contributed by atoms with Crippen LogP contribution < -0.4 is 16.3 Å². The number of sulfone groups is 1. The molecule has 5 rings (SSSR count). The number of rotatable bonds is 6. The summed E-state index contributed by atoms with van der Waals surface area (Å²) < 4.78 is 44.2. The third-order valence-electron chi connectivity index (χ3n) is 7.47. The monoisotopic (exact) mass is 594 g/mol. The maximum Gasteiger partial charge on any atom is 0.355 e. The van der Waals surface area contributed by atoms with Gasteiger partial charge in [-0.05, 0) is 37.1 Å². The Bertz CT molecular complexity index is 1900. The van der Waals surface area contributed by atoms with E-state index in [2.05, 4.69) is 21.6 Å². The largest absolute Gasteiger partial charge is 0.396 e. The number of halogens is 1. The fourth-order valence-electron chi connectivity index (χ4n) is 5.44. The van der Waals surface area contributed by atoms with Crippen LogP contribution >= 0.6 is 0 Å². The molecular weight excluding hydrogens is 563 g/mol. The van der Waals surface area contributed by atoms with Gasteiger partial charge in [0.25, 0.3) is 0 Å². The second kappa shape index (κ2) is 10.7. The van der Waals surface area contributed by atoms with Gasteiger partial charge in [-0.2, -0.15) is 10.1 Å². The van der Waals surface area contributed by atoms with Crippen LogP contribution in [0.5, 0.6) is 0 Å². The summed E-state index contributed by atoms with van der Waals surface area (Å²) in [5.41, 5.74) is 6.21. The van der Waals surface area contributed by atoms with E-state index in [1.54, 1.807) is 24.1 Å². The van der Waals surface area contributed by atoms with Gasteiger partial charge in [0.15, 0.2) is 21.3 Å². The molecule has 0 unspecified atom stereocenters. The van der Waals surface area contributed by atoms with Crippen molar-refractivity contribution in [3.05, 3.63) is 65.0 Å². The first-order chi connectivity index (χ1) is 19.9. The van der Waals surface area contributed by atoms with Gasteiger partial charge in [0.05, 0.1) is 27.9 Å². The number of piperazine rings is 1. The Balaban J connectivity index is 1.87. The molecule has 1 aliphatic rings. The number of anilines is 2. The average Bonchev–Trinajstić information content (AvgIpc) is 3.28. The number of benzene rings is 1. The zero-order chi connectivity index (χ0) is 30.5. The highest BCUT2D eigenvalue weighted by Crippen LogP contribution is 2.34. The zero-order valence-electron chi connectivity index (χ0n) is 23.7. The van der Waals surface area contributed by atoms with E-state index in [1.807, 2.05) is 18.7 Å². The molecule has 1 fully saturated rings. The predicted octanol–water partition coefficient (Wildman–Crippen LogP) is 2.09. The summed E-state index contributed by atoms with van der Waals surface area (Å²) in [6, 6.07) is 5.67. The Morgan fingerprint density at radius 1 is 1.26 bits per heavy atom. The molecule has 3 aromatic heterocycles. The summed E-state index contributed by atoms with van der Waals surface area (Å²) in [4.78, 5) is 38.6. The minimum atomic E-state index is -3.81. The van der Waals surface area contributed by atoms with Crippen LogP contribution in [0, 0.1) is 5.82 Å². The normalized spacial score (nSPS) is 15.8. The maximum atomic E-state index is 15.9. The van der Waals surface area contributed by atoms with Crippen LogP contribution in [0.4, 0.5) is 15.9 Å². The number of para-hydroxylation sites is 1. The Morgan fingerprint density at radius 3 is 2.60 bits per heavy atom. The van der Waals surface area contributed by atoms with Crippen LogP contribution in [-0.4, -0.2) is 75.5 Å². The number of fused-ring (bicyclic) bond motifs is 1. The molecule has 42 heavy (non-hydrogen) atoms. The van der Waals surface area contributed by atoms with Crippen molar-refractivity contribution in [3.8, 4) is 17.1 Å². The molecule has 1 aliphatic heterocycles. The van der Waals surface area contributed by atoms with Crippen molar-refractivity contribution in [2.75, 3.05) is 36.5 Å². The van der Waals surface area contributed by atoms with E-state index < -0.39 is 21.3 Å². The molecule has 0 saturated carbocycles. The number of aryl methyl sites for hydroxylation is 2. The van der Waals surface area contributed by atoms with Gasteiger partial charge in [-0.3, -0.25) is 9.48 Å². The molecule has 220 valence electrons. The summed E-state index contributed by atoms with van der Waals surface area (Å²) in [5.74, 6) is -0.771. The van der Waals surface area contributed by atoms with Crippen molar-refractivity contribution < 1.29 is 17.6 Å². The van der Waals surface area contributed by atoms with Gasteiger partial charge in [-0.15, -0.1) is 0 Å². The van der Waals surface area contributed by atoms with Crippen molar-refractivity contribution >= 4 is 38.3 Å². The fraction of sp³-hybridized carbons (Fsp3) is 0.321.